The van der Waals surface area contributed by atoms with Gasteiger partial charge < -0.3 is 14.6 Å². The number of ether oxygens (including phenoxy) is 1. The Hall–Kier alpha value is -4.16. The maximum atomic E-state index is 13.2. The van der Waals surface area contributed by atoms with E-state index in [1.165, 1.54) is 59.2 Å². The smallest absolute Gasteiger partial charge is 0.337 e. The van der Waals surface area contributed by atoms with E-state index in [-0.39, 0.29) is 17.8 Å². The van der Waals surface area contributed by atoms with Crippen LogP contribution in [0.2, 0.25) is 0 Å². The summed E-state index contributed by atoms with van der Waals surface area (Å²) in [5.41, 5.74) is 11.9. The van der Waals surface area contributed by atoms with Crippen LogP contribution in [-0.2, 0) is 35.6 Å². The fourth-order valence-corrected chi connectivity index (χ4v) is 7.31. The maximum absolute atomic E-state index is 13.2. The van der Waals surface area contributed by atoms with Gasteiger partial charge in [-0.15, -0.1) is 0 Å². The molecule has 6 nitrogen and oxygen atoms in total. The molecule has 2 fully saturated rings. The van der Waals surface area contributed by atoms with Crippen LogP contribution in [0.1, 0.15) is 80.8 Å². The number of carbonyl (C=O) groups excluding carboxylic acids is 2. The highest BCUT2D eigenvalue weighted by atomic mass is 16.5. The van der Waals surface area contributed by atoms with E-state index in [2.05, 4.69) is 65.0 Å². The van der Waals surface area contributed by atoms with Crippen LogP contribution in [0.4, 0.5) is 0 Å². The Labute approximate surface area is 260 Å². The van der Waals surface area contributed by atoms with Gasteiger partial charge in [0.15, 0.2) is 0 Å². The largest absolute Gasteiger partial charge is 0.465 e. The van der Waals surface area contributed by atoms with Crippen molar-refractivity contribution < 1.29 is 14.3 Å². The van der Waals surface area contributed by atoms with Gasteiger partial charge in [-0.05, 0) is 103 Å². The Morgan fingerprint density at radius 3 is 2.52 bits per heavy atom. The second-order valence-corrected chi connectivity index (χ2v) is 12.8. The van der Waals surface area contributed by atoms with Crippen molar-refractivity contribution in [3.05, 3.63) is 118 Å². The fraction of sp³-hybridized carbons (Fsp3) is 0.368. The first-order chi connectivity index (χ1) is 21.4. The van der Waals surface area contributed by atoms with Crippen LogP contribution >= 0.6 is 0 Å². The Morgan fingerprint density at radius 2 is 1.75 bits per heavy atom. The molecule has 4 aromatic rings. The average molecular weight is 588 g/mol. The fourth-order valence-electron chi connectivity index (χ4n) is 7.31. The second-order valence-electron chi connectivity index (χ2n) is 12.8. The molecule has 1 N–H and O–H groups in total. The molecule has 2 heterocycles. The van der Waals surface area contributed by atoms with Gasteiger partial charge in [0.1, 0.15) is 0 Å². The monoisotopic (exact) mass is 587 g/mol. The van der Waals surface area contributed by atoms with Gasteiger partial charge in [-0.2, -0.15) is 0 Å². The molecule has 0 spiro atoms. The zero-order valence-electron chi connectivity index (χ0n) is 25.9. The van der Waals surface area contributed by atoms with Crippen molar-refractivity contribution in [2.24, 2.45) is 5.92 Å². The summed E-state index contributed by atoms with van der Waals surface area (Å²) in [5, 5.41) is 3.28. The van der Waals surface area contributed by atoms with Crippen LogP contribution in [0.3, 0.4) is 0 Å². The van der Waals surface area contributed by atoms with Gasteiger partial charge >= 0.3 is 5.97 Å². The molecule has 0 radical (unpaired) electrons. The first kappa shape index (κ1) is 28.6. The summed E-state index contributed by atoms with van der Waals surface area (Å²) in [6, 6.07) is 25.5. The lowest BCUT2D eigenvalue weighted by atomic mass is 9.87. The number of rotatable bonds is 9. The van der Waals surface area contributed by atoms with Gasteiger partial charge in [0.05, 0.1) is 12.7 Å². The maximum Gasteiger partial charge on any atom is 0.337 e. The van der Waals surface area contributed by atoms with Crippen LogP contribution in [0.5, 0.6) is 0 Å². The number of hydrogen-bond donors (Lipinski definition) is 1. The molecule has 226 valence electrons. The van der Waals surface area contributed by atoms with Crippen molar-refractivity contribution in [1.82, 2.24) is 14.8 Å². The molecule has 2 saturated carbocycles. The number of fused-ring (bicyclic) bond motifs is 1. The molecule has 2 aliphatic carbocycles. The molecule has 44 heavy (non-hydrogen) atoms. The zero-order valence-corrected chi connectivity index (χ0v) is 25.9. The molecule has 6 heteroatoms. The van der Waals surface area contributed by atoms with Gasteiger partial charge in [-0.25, -0.2) is 4.79 Å². The molecule has 0 saturated heterocycles. The van der Waals surface area contributed by atoms with Gasteiger partial charge in [0, 0.05) is 49.5 Å². The number of hydrogen-bond acceptors (Lipinski definition) is 4. The van der Waals surface area contributed by atoms with Gasteiger partial charge in [0.25, 0.3) is 0 Å². The SMILES string of the molecule is COC(=O)c1cccc(-c2ccc(CNC(=O)[C@@H]3C[C@@H]3c3ccccc3)c3c2CCN(Cc2cc(C)n(C4CC4)c2C)C3)c1. The molecule has 3 aromatic carbocycles. The molecule has 2 atom stereocenters. The number of benzene rings is 3. The van der Waals surface area contributed by atoms with Gasteiger partial charge in [0.2, 0.25) is 5.91 Å². The van der Waals surface area contributed by atoms with E-state index in [1.54, 1.807) is 6.07 Å². The molecule has 1 amide bonds. The van der Waals surface area contributed by atoms with E-state index in [0.717, 1.165) is 43.6 Å². The number of amides is 1. The Morgan fingerprint density at radius 1 is 0.932 bits per heavy atom. The summed E-state index contributed by atoms with van der Waals surface area (Å²) in [6.45, 7) is 7.73. The van der Waals surface area contributed by atoms with Crippen molar-refractivity contribution in [2.75, 3.05) is 13.7 Å². The van der Waals surface area contributed by atoms with Crippen molar-refractivity contribution in [3.63, 3.8) is 0 Å². The molecule has 1 aromatic heterocycles. The molecular weight excluding hydrogens is 546 g/mol. The van der Waals surface area contributed by atoms with E-state index in [4.69, 9.17) is 4.74 Å². The van der Waals surface area contributed by atoms with E-state index in [9.17, 15) is 9.59 Å². The van der Waals surface area contributed by atoms with Crippen LogP contribution in [0, 0.1) is 19.8 Å². The second kappa shape index (κ2) is 11.7. The third-order valence-corrected chi connectivity index (χ3v) is 9.89. The van der Waals surface area contributed by atoms with Gasteiger partial charge in [-0.3, -0.25) is 9.69 Å². The average Bonchev–Trinajstić information content (AvgIpc) is 3.99. The topological polar surface area (TPSA) is 63.6 Å². The van der Waals surface area contributed by atoms with Crippen LogP contribution in [0.15, 0.2) is 72.8 Å². The van der Waals surface area contributed by atoms with E-state index in [0.29, 0.717) is 24.1 Å². The third-order valence-electron chi connectivity index (χ3n) is 9.89. The van der Waals surface area contributed by atoms with Crippen LogP contribution in [0.25, 0.3) is 11.1 Å². The standard InChI is InChI=1S/C38H41N3O3/c1-24-18-30(25(2)41(24)31-13-14-31)22-40-17-16-33-32(27-10-7-11-28(19-27)38(43)44-3)15-12-29(36(33)23-40)21-39-37(42)35-20-34(35)26-8-5-4-6-9-26/h4-12,15,18-19,31,34-35H,13-14,16-17,20-23H2,1-3H3,(H,39,42)/t34-,35-/m1/s1. The molecule has 1 aliphatic heterocycles. The summed E-state index contributed by atoms with van der Waals surface area (Å²) in [6.07, 6.45) is 4.40. The molecule has 7 rings (SSSR count). The highest BCUT2D eigenvalue weighted by Crippen LogP contribution is 2.47. The lowest BCUT2D eigenvalue weighted by Gasteiger charge is -2.32. The third kappa shape index (κ3) is 5.59. The van der Waals surface area contributed by atoms with Crippen LogP contribution in [-0.4, -0.2) is 35.0 Å². The first-order valence-corrected chi connectivity index (χ1v) is 16.0. The quantitative estimate of drug-likeness (QED) is 0.217. The predicted molar refractivity (Wildman–Crippen MR) is 172 cm³/mol. The molecule has 0 bridgehead atoms. The minimum Gasteiger partial charge on any atom is -0.465 e. The molecule has 0 unspecified atom stereocenters. The number of nitrogens with one attached hydrogen (secondary N) is 1. The number of carbonyl (C=O) groups is 2. The van der Waals surface area contributed by atoms with E-state index in [1.807, 2.05) is 30.3 Å². The van der Waals surface area contributed by atoms with Crippen molar-refractivity contribution in [3.8, 4) is 11.1 Å². The highest BCUT2D eigenvalue weighted by molar-refractivity contribution is 5.91. The summed E-state index contributed by atoms with van der Waals surface area (Å²) in [7, 11) is 1.42. The summed E-state index contributed by atoms with van der Waals surface area (Å²) >= 11 is 0. The lowest BCUT2D eigenvalue weighted by molar-refractivity contribution is -0.122. The van der Waals surface area contributed by atoms with Crippen molar-refractivity contribution in [2.45, 2.75) is 71.1 Å². The predicted octanol–water partition coefficient (Wildman–Crippen LogP) is 6.87. The van der Waals surface area contributed by atoms with Gasteiger partial charge in [-0.1, -0.05) is 54.6 Å². The normalized spacial score (nSPS) is 19.3. The molecular formula is C38H41N3O3. The highest BCUT2D eigenvalue weighted by Gasteiger charge is 2.43. The minimum absolute atomic E-state index is 0.0479. The number of methoxy groups -OCH3 is 1. The first-order valence-electron chi connectivity index (χ1n) is 16.0. The summed E-state index contributed by atoms with van der Waals surface area (Å²) in [4.78, 5) is 28.1. The molecule has 3 aliphatic rings. The lowest BCUT2D eigenvalue weighted by Crippen LogP contribution is -2.33. The number of esters is 1. The number of aromatic nitrogens is 1. The Balaban J connectivity index is 1.15. The number of nitrogens with zero attached hydrogens (tertiary/aromatic N) is 2. The van der Waals surface area contributed by atoms with Crippen LogP contribution < -0.4 is 5.32 Å². The Bertz CT molecular complexity index is 1720. The van der Waals surface area contributed by atoms with E-state index >= 15 is 0 Å². The van der Waals surface area contributed by atoms with Crippen molar-refractivity contribution >= 4 is 11.9 Å². The minimum atomic E-state index is -0.330. The summed E-state index contributed by atoms with van der Waals surface area (Å²) < 4.78 is 7.52. The number of aryl methyl sites for hydroxylation is 1. The van der Waals surface area contributed by atoms with E-state index < -0.39 is 0 Å². The Kier molecular flexibility index (Phi) is 7.63. The summed E-state index contributed by atoms with van der Waals surface area (Å²) in [5.74, 6) is 0.179. The van der Waals surface area contributed by atoms with Crippen molar-refractivity contribution in [1.29, 1.82) is 0 Å². The zero-order chi connectivity index (χ0) is 30.4.